The lowest BCUT2D eigenvalue weighted by Crippen LogP contribution is -2.16. The van der Waals surface area contributed by atoms with Gasteiger partial charge in [0.05, 0.1) is 11.4 Å². The first-order chi connectivity index (χ1) is 21.7. The number of anilines is 3. The van der Waals surface area contributed by atoms with Gasteiger partial charge in [-0.2, -0.15) is 0 Å². The van der Waals surface area contributed by atoms with Gasteiger partial charge in [-0.15, -0.1) is 0 Å². The van der Waals surface area contributed by atoms with Crippen LogP contribution in [0.2, 0.25) is 0 Å². The number of nitrogens with zero attached hydrogens (tertiary/aromatic N) is 1. The average molecular weight is 572 g/mol. The maximum Gasteiger partial charge on any atom is 0.151 e. The van der Waals surface area contributed by atoms with Crippen molar-refractivity contribution < 1.29 is 4.74 Å². The molecule has 0 radical (unpaired) electrons. The number of fused-ring (bicyclic) bond motifs is 2. The Balaban J connectivity index is 1.55. The Labute approximate surface area is 261 Å². The smallest absolute Gasteiger partial charge is 0.151 e. The quantitative estimate of drug-likeness (QED) is 0.189. The highest BCUT2D eigenvalue weighted by Gasteiger charge is 2.27. The standard InChI is InChI=1S/C42H37NO/c1-4-29-15-21-32(22-16-29)36-27-35(43-38-11-7-9-13-40(38)44-41-14-10-8-12-39(41)43)28-37(33-23-17-30(5-2)18-24-33)42(36)34-25-19-31(6-3)20-26-34/h7-28H,4-6H2,1-3H3. The van der Waals surface area contributed by atoms with Crippen LogP contribution in [0.4, 0.5) is 17.1 Å². The summed E-state index contributed by atoms with van der Waals surface area (Å²) in [4.78, 5) is 2.35. The number of rotatable bonds is 7. The Kier molecular flexibility index (Phi) is 7.50. The van der Waals surface area contributed by atoms with Crippen LogP contribution in [0.3, 0.4) is 0 Å². The molecule has 0 N–H and O–H groups in total. The summed E-state index contributed by atoms with van der Waals surface area (Å²) < 4.78 is 6.38. The first-order valence-corrected chi connectivity index (χ1v) is 15.8. The molecule has 0 spiro atoms. The average Bonchev–Trinajstić information content (AvgIpc) is 3.10. The topological polar surface area (TPSA) is 12.5 Å². The van der Waals surface area contributed by atoms with E-state index in [1.54, 1.807) is 0 Å². The van der Waals surface area contributed by atoms with Gasteiger partial charge >= 0.3 is 0 Å². The largest absolute Gasteiger partial charge is 0.453 e. The van der Waals surface area contributed by atoms with E-state index in [2.05, 4.69) is 147 Å². The third-order valence-electron chi connectivity index (χ3n) is 8.81. The van der Waals surface area contributed by atoms with Gasteiger partial charge in [0.1, 0.15) is 0 Å². The normalized spacial score (nSPS) is 11.9. The van der Waals surface area contributed by atoms with Gasteiger partial charge in [-0.1, -0.05) is 118 Å². The fourth-order valence-corrected chi connectivity index (χ4v) is 6.25. The molecule has 1 aliphatic heterocycles. The third-order valence-corrected chi connectivity index (χ3v) is 8.81. The number of aryl methyl sites for hydroxylation is 3. The van der Waals surface area contributed by atoms with Crippen LogP contribution in [0, 0.1) is 0 Å². The molecule has 0 fully saturated rings. The highest BCUT2D eigenvalue weighted by Crippen LogP contribution is 2.52. The second-order valence-corrected chi connectivity index (χ2v) is 11.4. The van der Waals surface area contributed by atoms with E-state index < -0.39 is 0 Å². The van der Waals surface area contributed by atoms with Crippen LogP contribution in [-0.4, -0.2) is 0 Å². The van der Waals surface area contributed by atoms with Crippen molar-refractivity contribution in [1.29, 1.82) is 0 Å². The molecule has 1 heterocycles. The summed E-state index contributed by atoms with van der Waals surface area (Å²) >= 11 is 0. The molecule has 7 rings (SSSR count). The van der Waals surface area contributed by atoms with E-state index in [9.17, 15) is 0 Å². The molecule has 0 saturated heterocycles. The molecule has 0 unspecified atom stereocenters. The lowest BCUT2D eigenvalue weighted by molar-refractivity contribution is 0.477. The molecule has 0 bridgehead atoms. The van der Waals surface area contributed by atoms with E-state index in [-0.39, 0.29) is 0 Å². The lowest BCUT2D eigenvalue weighted by Gasteiger charge is -2.34. The minimum Gasteiger partial charge on any atom is -0.453 e. The second-order valence-electron chi connectivity index (χ2n) is 11.4. The number of ether oxygens (including phenoxy) is 1. The van der Waals surface area contributed by atoms with Crippen LogP contribution >= 0.6 is 0 Å². The molecule has 6 aromatic carbocycles. The van der Waals surface area contributed by atoms with E-state index in [1.807, 2.05) is 12.1 Å². The minimum absolute atomic E-state index is 0.855. The molecular weight excluding hydrogens is 534 g/mol. The number of hydrogen-bond acceptors (Lipinski definition) is 2. The maximum absolute atomic E-state index is 6.38. The first kappa shape index (κ1) is 27.7. The van der Waals surface area contributed by atoms with Crippen LogP contribution in [0.15, 0.2) is 133 Å². The van der Waals surface area contributed by atoms with Crippen molar-refractivity contribution in [2.75, 3.05) is 4.90 Å². The summed E-state index contributed by atoms with van der Waals surface area (Å²) in [6.07, 6.45) is 3.05. The Morgan fingerprint density at radius 3 is 1.25 bits per heavy atom. The fourth-order valence-electron chi connectivity index (χ4n) is 6.25. The molecule has 0 amide bonds. The van der Waals surface area contributed by atoms with Crippen molar-refractivity contribution in [3.8, 4) is 44.9 Å². The SMILES string of the molecule is CCc1ccc(-c2cc(N3c4ccccc4Oc4ccccc43)cc(-c3ccc(CC)cc3)c2-c2ccc(CC)cc2)cc1. The second kappa shape index (κ2) is 11.9. The molecule has 44 heavy (non-hydrogen) atoms. The molecule has 216 valence electrons. The van der Waals surface area contributed by atoms with E-state index in [4.69, 9.17) is 4.74 Å². The van der Waals surface area contributed by atoms with Crippen molar-refractivity contribution >= 4 is 17.1 Å². The predicted molar refractivity (Wildman–Crippen MR) is 186 cm³/mol. The predicted octanol–water partition coefficient (Wildman–Crippen LogP) is 12.0. The summed E-state index contributed by atoms with van der Waals surface area (Å²) in [6.45, 7) is 6.63. The van der Waals surface area contributed by atoms with Crippen LogP contribution in [0.1, 0.15) is 37.5 Å². The van der Waals surface area contributed by atoms with Crippen LogP contribution < -0.4 is 9.64 Å². The van der Waals surface area contributed by atoms with Crippen molar-refractivity contribution in [2.24, 2.45) is 0 Å². The highest BCUT2D eigenvalue weighted by atomic mass is 16.5. The lowest BCUT2D eigenvalue weighted by atomic mass is 9.85. The van der Waals surface area contributed by atoms with Gasteiger partial charge in [0, 0.05) is 5.69 Å². The molecule has 0 aromatic heterocycles. The molecule has 0 aliphatic carbocycles. The molecule has 0 atom stereocenters. The van der Waals surface area contributed by atoms with Crippen LogP contribution in [0.25, 0.3) is 33.4 Å². The van der Waals surface area contributed by atoms with Gasteiger partial charge in [-0.25, -0.2) is 0 Å². The van der Waals surface area contributed by atoms with E-state index in [1.165, 1.54) is 50.1 Å². The molecule has 1 aliphatic rings. The zero-order valence-electron chi connectivity index (χ0n) is 25.7. The molecule has 0 saturated carbocycles. The van der Waals surface area contributed by atoms with Gasteiger partial charge in [0.25, 0.3) is 0 Å². The molecular formula is C42H37NO. The van der Waals surface area contributed by atoms with Gasteiger partial charge in [-0.05, 0) is 106 Å². The van der Waals surface area contributed by atoms with Crippen molar-refractivity contribution in [3.63, 3.8) is 0 Å². The number of para-hydroxylation sites is 4. The zero-order chi connectivity index (χ0) is 30.0. The van der Waals surface area contributed by atoms with Gasteiger partial charge in [-0.3, -0.25) is 0 Å². The Bertz CT molecular complexity index is 1800. The summed E-state index contributed by atoms with van der Waals surface area (Å²) in [5.74, 6) is 1.71. The fraction of sp³-hybridized carbons (Fsp3) is 0.143. The summed E-state index contributed by atoms with van der Waals surface area (Å²) in [7, 11) is 0. The van der Waals surface area contributed by atoms with E-state index in [0.29, 0.717) is 0 Å². The number of benzene rings is 6. The molecule has 2 nitrogen and oxygen atoms in total. The zero-order valence-corrected chi connectivity index (χ0v) is 25.7. The van der Waals surface area contributed by atoms with E-state index in [0.717, 1.165) is 47.8 Å². The Hall–Kier alpha value is -5.08. The molecule has 2 heteroatoms. The molecule has 6 aromatic rings. The first-order valence-electron chi connectivity index (χ1n) is 15.8. The van der Waals surface area contributed by atoms with Crippen molar-refractivity contribution in [3.05, 3.63) is 150 Å². The Morgan fingerprint density at radius 2 is 0.841 bits per heavy atom. The Morgan fingerprint density at radius 1 is 0.455 bits per heavy atom. The minimum atomic E-state index is 0.855. The van der Waals surface area contributed by atoms with Gasteiger partial charge in [0.2, 0.25) is 0 Å². The summed E-state index contributed by atoms with van der Waals surface area (Å²) in [5.41, 5.74) is 14.5. The summed E-state index contributed by atoms with van der Waals surface area (Å²) in [6, 6.07) is 48.7. The van der Waals surface area contributed by atoms with E-state index >= 15 is 0 Å². The summed E-state index contributed by atoms with van der Waals surface area (Å²) in [5, 5.41) is 0. The van der Waals surface area contributed by atoms with Crippen molar-refractivity contribution in [2.45, 2.75) is 40.0 Å². The van der Waals surface area contributed by atoms with Gasteiger partial charge < -0.3 is 9.64 Å². The monoisotopic (exact) mass is 571 g/mol. The van der Waals surface area contributed by atoms with Gasteiger partial charge in [0.15, 0.2) is 11.5 Å². The van der Waals surface area contributed by atoms with Crippen LogP contribution in [0.5, 0.6) is 11.5 Å². The number of hydrogen-bond donors (Lipinski definition) is 0. The maximum atomic E-state index is 6.38. The van der Waals surface area contributed by atoms with Crippen LogP contribution in [-0.2, 0) is 19.3 Å². The highest BCUT2D eigenvalue weighted by molar-refractivity contribution is 5.99. The van der Waals surface area contributed by atoms with Crippen molar-refractivity contribution in [1.82, 2.24) is 0 Å². The third kappa shape index (κ3) is 5.07.